The van der Waals surface area contributed by atoms with Crippen molar-refractivity contribution < 1.29 is 0 Å². The Hall–Kier alpha value is -13.0. The highest BCUT2D eigenvalue weighted by molar-refractivity contribution is 6.18. The van der Waals surface area contributed by atoms with Crippen LogP contribution in [0.2, 0.25) is 0 Å². The Morgan fingerprint density at radius 2 is 0.385 bits per heavy atom. The molecule has 20 aromatic carbocycles. The molecular weight excluding hydrogens is 1620 g/mol. The van der Waals surface area contributed by atoms with E-state index >= 15 is 0 Å². The highest BCUT2D eigenvalue weighted by atomic mass is 14.4. The molecule has 690 valence electrons. The molecule has 0 aromatic heterocycles. The van der Waals surface area contributed by atoms with Crippen molar-refractivity contribution in [3.05, 3.63) is 420 Å². The molecule has 0 nitrogen and oxygen atoms in total. The van der Waals surface area contributed by atoms with E-state index in [0.717, 1.165) is 0 Å². The topological polar surface area (TPSA) is 0 Å². The van der Waals surface area contributed by atoms with E-state index in [-0.39, 0.29) is 27.1 Å². The maximum atomic E-state index is 2.42. The number of benzene rings is 20. The lowest BCUT2D eigenvalue weighted by Gasteiger charge is -2.23. The Labute approximate surface area is 812 Å². The predicted octanol–water partition coefficient (Wildman–Crippen LogP) is 41.8. The lowest BCUT2D eigenvalue weighted by Crippen LogP contribution is -2.15. The third-order valence-corrected chi connectivity index (χ3v) is 27.3. The van der Waals surface area contributed by atoms with Crippen LogP contribution in [-0.2, 0) is 27.1 Å². The van der Waals surface area contributed by atoms with Gasteiger partial charge in [-0.2, -0.15) is 0 Å². The van der Waals surface area contributed by atoms with Crippen LogP contribution in [0.4, 0.5) is 0 Å². The van der Waals surface area contributed by atoms with E-state index in [1.54, 1.807) is 0 Å². The average molecular weight is 1770 g/mol. The van der Waals surface area contributed by atoms with Gasteiger partial charge in [0.05, 0.1) is 0 Å². The highest BCUT2D eigenvalue weighted by Crippen LogP contribution is 2.57. The van der Waals surface area contributed by atoms with E-state index in [2.05, 4.69) is 433 Å². The quantitative estimate of drug-likeness (QED) is 0.133. The zero-order valence-corrected chi connectivity index (χ0v) is 87.1. The maximum Gasteiger partial charge on any atom is 0.0165 e. The fraction of sp³-hybridized carbons (Fsp3) is 0.259. The molecule has 0 radical (unpaired) electrons. The molecule has 0 amide bonds. The van der Waals surface area contributed by atoms with Gasteiger partial charge in [0, 0.05) is 27.1 Å². The van der Waals surface area contributed by atoms with Crippen LogP contribution < -0.4 is 0 Å². The molecule has 5 aliphatic rings. The molecule has 0 heteroatoms. The molecule has 5 aliphatic carbocycles. The minimum absolute atomic E-state index is 0.0495. The van der Waals surface area contributed by atoms with Gasteiger partial charge in [0.25, 0.3) is 0 Å². The monoisotopic (exact) mass is 1770 g/mol. The zero-order valence-electron chi connectivity index (χ0n) is 87.1. The van der Waals surface area contributed by atoms with E-state index in [1.165, 1.54) is 219 Å². The number of hydrogen-bond donors (Lipinski definition) is 0. The molecule has 0 saturated heterocycles. The summed E-state index contributed by atoms with van der Waals surface area (Å²) in [6, 6.07) is 134. The largest absolute Gasteiger partial charge is 0.0683 e. The van der Waals surface area contributed by atoms with Crippen LogP contribution in [0, 0.1) is 0 Å². The number of fused-ring (bicyclic) bond motifs is 33. The Balaban J connectivity index is 0.000000155. The predicted molar refractivity (Wildman–Crippen MR) is 609 cm³/mol. The smallest absolute Gasteiger partial charge is 0.0165 e. The van der Waals surface area contributed by atoms with Crippen LogP contribution in [0.15, 0.2) is 364 Å². The van der Waals surface area contributed by atoms with Gasteiger partial charge in [-0.3, -0.25) is 0 Å². The van der Waals surface area contributed by atoms with E-state index in [1.807, 2.05) is 138 Å². The van der Waals surface area contributed by atoms with Crippen molar-refractivity contribution >= 4 is 108 Å². The third-order valence-electron chi connectivity index (χ3n) is 27.3. The summed E-state index contributed by atoms with van der Waals surface area (Å²) in [5.41, 5.74) is 28.8. The van der Waals surface area contributed by atoms with Crippen LogP contribution >= 0.6 is 0 Å². The second kappa shape index (κ2) is 44.9. The average Bonchev–Trinajstić information content (AvgIpc) is 1.55. The summed E-state index contributed by atoms with van der Waals surface area (Å²) in [5.74, 6) is 0. The van der Waals surface area contributed by atoms with Crippen molar-refractivity contribution in [2.45, 2.75) is 235 Å². The lowest BCUT2D eigenvalue weighted by atomic mass is 9.80. The van der Waals surface area contributed by atoms with Gasteiger partial charge in [-0.15, -0.1) is 0 Å². The molecule has 0 atom stereocenters. The fourth-order valence-corrected chi connectivity index (χ4v) is 21.4. The summed E-state index contributed by atoms with van der Waals surface area (Å²) in [4.78, 5) is 0. The minimum Gasteiger partial charge on any atom is -0.0683 e. The molecule has 20 aromatic rings. The summed E-state index contributed by atoms with van der Waals surface area (Å²) in [6.07, 6.45) is 0. The Morgan fingerprint density at radius 1 is 0.126 bits per heavy atom. The second-order valence-electron chi connectivity index (χ2n) is 35.3. The summed E-state index contributed by atoms with van der Waals surface area (Å²) in [5, 5.41) is 26.9. The van der Waals surface area contributed by atoms with Gasteiger partial charge in [0.1, 0.15) is 0 Å². The molecule has 0 saturated carbocycles. The van der Waals surface area contributed by atoms with E-state index in [0.29, 0.717) is 0 Å². The summed E-state index contributed by atoms with van der Waals surface area (Å²) in [7, 11) is 0. The molecule has 0 spiro atoms. The van der Waals surface area contributed by atoms with Crippen LogP contribution in [-0.4, -0.2) is 0 Å². The Morgan fingerprint density at radius 3 is 0.837 bits per heavy atom. The molecule has 135 heavy (non-hydrogen) atoms. The summed E-state index contributed by atoms with van der Waals surface area (Å²) < 4.78 is 0. The first-order valence-corrected chi connectivity index (χ1v) is 51.1. The van der Waals surface area contributed by atoms with Crippen LogP contribution in [0.1, 0.15) is 263 Å². The van der Waals surface area contributed by atoms with E-state index < -0.39 is 0 Å². The molecule has 25 rings (SSSR count). The number of hydrogen-bond acceptors (Lipinski definition) is 0. The van der Waals surface area contributed by atoms with Crippen molar-refractivity contribution in [2.24, 2.45) is 0 Å². The molecule has 0 aliphatic heterocycles. The summed E-state index contributed by atoms with van der Waals surface area (Å²) in [6.45, 7) is 63.4. The normalized spacial score (nSPS) is 13.1. The zero-order chi connectivity index (χ0) is 98.0. The standard InChI is InChI=1S/5C23H18.10C2H6/c1-23(2)21-10-6-5-9-18(21)20-14-19-16(13-22(20)23)12-11-15-7-3-4-8-17(15)19;1-23(2)21-10-6-5-9-18(21)20-13-16-12-11-15-7-3-4-8-17(15)19(16)14-22(20)23;1-23(2)19-10-6-5-9-18(19)22-20(23)14-13-16-12-11-15-7-3-4-8-17(15)21(16)22;1-23(2)20-10-6-5-9-19(20)22-18-12-11-15-7-3-4-8-16(15)17(18)13-14-21(22)23;1-23(2)21-10-6-5-9-18(21)20-14-13-17-16-8-4-3-7-15(16)11-12-19(17)22(20)23;10*1-2/h5*3-14H,1-2H3;10*1-2H3. The van der Waals surface area contributed by atoms with Crippen molar-refractivity contribution in [1.82, 2.24) is 0 Å². The molecule has 0 heterocycles. The fourth-order valence-electron chi connectivity index (χ4n) is 21.4. The first kappa shape index (κ1) is 103. The Kier molecular flexibility index (Phi) is 34.1. The number of rotatable bonds is 0. The van der Waals surface area contributed by atoms with Crippen molar-refractivity contribution in [2.75, 3.05) is 0 Å². The molecular formula is C135H150. The Bertz CT molecular complexity index is 7380. The van der Waals surface area contributed by atoms with Gasteiger partial charge in [-0.1, -0.05) is 547 Å². The van der Waals surface area contributed by atoms with Crippen LogP contribution in [0.5, 0.6) is 0 Å². The van der Waals surface area contributed by atoms with Gasteiger partial charge < -0.3 is 0 Å². The highest BCUT2D eigenvalue weighted by Gasteiger charge is 2.41. The van der Waals surface area contributed by atoms with Gasteiger partial charge >= 0.3 is 0 Å². The van der Waals surface area contributed by atoms with E-state index in [4.69, 9.17) is 0 Å². The lowest BCUT2D eigenvalue weighted by molar-refractivity contribution is 0.660. The first-order chi connectivity index (χ1) is 65.8. The second-order valence-corrected chi connectivity index (χ2v) is 35.3. The molecule has 0 bridgehead atoms. The van der Waals surface area contributed by atoms with Gasteiger partial charge in [0.15, 0.2) is 0 Å². The van der Waals surface area contributed by atoms with Crippen LogP contribution in [0.3, 0.4) is 0 Å². The SMILES string of the molecule is CC.CC.CC.CC.CC.CC.CC.CC.CC.CC.CC1(C)c2ccccc2-c2c1ccc1c2ccc2ccccc21.CC1(C)c2ccccc2-c2c1ccc1ccc3ccccc3c21.CC1(C)c2ccccc2-c2cc3c(ccc4ccccc43)cc21.CC1(C)c2ccccc2-c2cc3ccc4ccccc4c3cc21.CC1(C)c2ccccc2-c2ccc3c(ccc4ccccc43)c21. The minimum atomic E-state index is 0.0495. The van der Waals surface area contributed by atoms with Crippen molar-refractivity contribution in [1.29, 1.82) is 0 Å². The van der Waals surface area contributed by atoms with Gasteiger partial charge in [-0.25, -0.2) is 0 Å². The molecule has 0 unspecified atom stereocenters. The molecule has 0 N–H and O–H groups in total. The van der Waals surface area contributed by atoms with Crippen LogP contribution in [0.25, 0.3) is 163 Å². The van der Waals surface area contributed by atoms with Crippen molar-refractivity contribution in [3.63, 3.8) is 0 Å². The van der Waals surface area contributed by atoms with Crippen molar-refractivity contribution in [3.8, 4) is 55.6 Å². The van der Waals surface area contributed by atoms with Gasteiger partial charge in [-0.05, 0) is 243 Å². The van der Waals surface area contributed by atoms with E-state index in [9.17, 15) is 0 Å². The van der Waals surface area contributed by atoms with Gasteiger partial charge in [0.2, 0.25) is 0 Å². The maximum absolute atomic E-state index is 2.42. The molecule has 0 fully saturated rings. The summed E-state index contributed by atoms with van der Waals surface area (Å²) >= 11 is 0. The third kappa shape index (κ3) is 18.4. The first-order valence-electron chi connectivity index (χ1n) is 51.1.